The average Bonchev–Trinajstić information content (AvgIpc) is 3.19. The fraction of sp³-hybridized carbons (Fsp3) is 0.105. The molecule has 1 amide bonds. The van der Waals surface area contributed by atoms with E-state index in [0.29, 0.717) is 10.7 Å². The second-order valence-electron chi connectivity index (χ2n) is 5.93. The zero-order valence-corrected chi connectivity index (χ0v) is 17.1. The topological polar surface area (TPSA) is 66.5 Å². The first-order valence-electron chi connectivity index (χ1n) is 8.15. The van der Waals surface area contributed by atoms with Crippen molar-refractivity contribution in [2.24, 2.45) is 0 Å². The van der Waals surface area contributed by atoms with Crippen LogP contribution < -0.4 is 9.62 Å². The number of thiophene rings is 1. The molecule has 0 bridgehead atoms. The van der Waals surface area contributed by atoms with Crippen molar-refractivity contribution in [2.45, 2.75) is 11.1 Å². The number of sulfonamides is 1. The Labute approximate surface area is 171 Å². The Morgan fingerprint density at radius 2 is 1.89 bits per heavy atom. The van der Waals surface area contributed by atoms with Crippen molar-refractivity contribution < 1.29 is 17.6 Å². The van der Waals surface area contributed by atoms with Crippen LogP contribution in [0.4, 0.5) is 15.8 Å². The first kappa shape index (κ1) is 20.3. The summed E-state index contributed by atoms with van der Waals surface area (Å²) in [6, 6.07) is 13.0. The lowest BCUT2D eigenvalue weighted by atomic mass is 10.2. The Kier molecular flexibility index (Phi) is 6.02. The van der Waals surface area contributed by atoms with Crippen molar-refractivity contribution in [3.8, 4) is 0 Å². The molecule has 0 unspecified atom stereocenters. The number of nitrogens with one attached hydrogen (secondary N) is 1. The van der Waals surface area contributed by atoms with Gasteiger partial charge < -0.3 is 5.32 Å². The number of hydrogen-bond donors (Lipinski definition) is 1. The summed E-state index contributed by atoms with van der Waals surface area (Å²) in [7, 11) is -3.98. The van der Waals surface area contributed by atoms with Gasteiger partial charge in [0.2, 0.25) is 5.91 Å². The second kappa shape index (κ2) is 8.30. The molecule has 0 aliphatic rings. The Morgan fingerprint density at radius 3 is 2.50 bits per heavy atom. The quantitative estimate of drug-likeness (QED) is 0.607. The summed E-state index contributed by atoms with van der Waals surface area (Å²) in [5.41, 5.74) is 1.49. The van der Waals surface area contributed by atoms with Gasteiger partial charge in [0.05, 0.1) is 5.69 Å². The molecule has 28 heavy (non-hydrogen) atoms. The fourth-order valence-electron chi connectivity index (χ4n) is 2.44. The van der Waals surface area contributed by atoms with E-state index in [-0.39, 0.29) is 9.90 Å². The highest BCUT2D eigenvalue weighted by atomic mass is 35.5. The highest BCUT2D eigenvalue weighted by molar-refractivity contribution is 7.94. The monoisotopic (exact) mass is 438 g/mol. The number of anilines is 2. The molecule has 3 aromatic rings. The predicted molar refractivity (Wildman–Crippen MR) is 110 cm³/mol. The van der Waals surface area contributed by atoms with Gasteiger partial charge in [0.15, 0.2) is 0 Å². The third-order valence-electron chi connectivity index (χ3n) is 3.90. The minimum Gasteiger partial charge on any atom is -0.324 e. The van der Waals surface area contributed by atoms with Crippen LogP contribution in [0.25, 0.3) is 0 Å². The van der Waals surface area contributed by atoms with Crippen LogP contribution >= 0.6 is 22.9 Å². The van der Waals surface area contributed by atoms with Crippen LogP contribution in [0.5, 0.6) is 0 Å². The molecule has 2 aromatic carbocycles. The van der Waals surface area contributed by atoms with Crippen LogP contribution in [-0.4, -0.2) is 20.9 Å². The molecule has 0 aliphatic heterocycles. The van der Waals surface area contributed by atoms with Crippen molar-refractivity contribution in [2.75, 3.05) is 16.2 Å². The van der Waals surface area contributed by atoms with E-state index in [2.05, 4.69) is 5.32 Å². The summed E-state index contributed by atoms with van der Waals surface area (Å²) in [5.74, 6) is -1.06. The van der Waals surface area contributed by atoms with Gasteiger partial charge in [-0.05, 0) is 60.3 Å². The maximum absolute atomic E-state index is 13.3. The summed E-state index contributed by atoms with van der Waals surface area (Å²) in [4.78, 5) is 12.5. The molecule has 0 saturated carbocycles. The smallest absolute Gasteiger partial charge is 0.274 e. The normalized spacial score (nSPS) is 11.2. The number of hydrogen-bond acceptors (Lipinski definition) is 4. The lowest BCUT2D eigenvalue weighted by Gasteiger charge is -2.23. The minimum atomic E-state index is -3.98. The number of carbonyl (C=O) groups is 1. The zero-order chi connectivity index (χ0) is 20.3. The van der Waals surface area contributed by atoms with Gasteiger partial charge in [0, 0.05) is 10.7 Å². The lowest BCUT2D eigenvalue weighted by molar-refractivity contribution is -0.114. The van der Waals surface area contributed by atoms with E-state index in [4.69, 9.17) is 11.6 Å². The highest BCUT2D eigenvalue weighted by Gasteiger charge is 2.28. The largest absolute Gasteiger partial charge is 0.324 e. The molecule has 0 saturated heterocycles. The van der Waals surface area contributed by atoms with E-state index in [1.165, 1.54) is 18.2 Å². The van der Waals surface area contributed by atoms with Crippen LogP contribution in [0.15, 0.2) is 64.2 Å². The summed E-state index contributed by atoms with van der Waals surface area (Å²) >= 11 is 7.10. The number of rotatable bonds is 6. The number of nitrogens with zero attached hydrogens (tertiary/aromatic N) is 1. The summed E-state index contributed by atoms with van der Waals surface area (Å²) < 4.78 is 40.3. The van der Waals surface area contributed by atoms with Gasteiger partial charge in [-0.3, -0.25) is 9.10 Å². The number of halogens is 2. The van der Waals surface area contributed by atoms with E-state index in [1.54, 1.807) is 29.6 Å². The van der Waals surface area contributed by atoms with Crippen molar-refractivity contribution in [3.05, 3.63) is 76.4 Å². The van der Waals surface area contributed by atoms with Gasteiger partial charge in [-0.25, -0.2) is 12.8 Å². The van der Waals surface area contributed by atoms with E-state index >= 15 is 0 Å². The Bertz CT molecular complexity index is 1080. The van der Waals surface area contributed by atoms with Gasteiger partial charge >= 0.3 is 0 Å². The van der Waals surface area contributed by atoms with Gasteiger partial charge in [-0.2, -0.15) is 0 Å². The molecule has 9 heteroatoms. The van der Waals surface area contributed by atoms with Crippen LogP contribution in [0.3, 0.4) is 0 Å². The van der Waals surface area contributed by atoms with Crippen LogP contribution in [0.1, 0.15) is 5.56 Å². The third kappa shape index (κ3) is 4.52. The molecule has 3 rings (SSSR count). The van der Waals surface area contributed by atoms with E-state index in [1.807, 2.05) is 6.92 Å². The molecular formula is C19H16ClFN2O3S2. The van der Waals surface area contributed by atoms with Gasteiger partial charge in [0.1, 0.15) is 16.6 Å². The lowest BCUT2D eigenvalue weighted by Crippen LogP contribution is -2.37. The molecule has 0 spiro atoms. The molecule has 5 nitrogen and oxygen atoms in total. The van der Waals surface area contributed by atoms with E-state index < -0.39 is 28.3 Å². The Hall–Kier alpha value is -2.42. The Morgan fingerprint density at radius 1 is 1.18 bits per heavy atom. The molecule has 0 radical (unpaired) electrons. The van der Waals surface area contributed by atoms with Crippen molar-refractivity contribution in [1.82, 2.24) is 0 Å². The van der Waals surface area contributed by atoms with Crippen molar-refractivity contribution in [1.29, 1.82) is 0 Å². The standard InChI is InChI=1S/C19H16ClFN2O3S2/c1-13-4-7-15(11-17(13)20)22-18(24)12-23(16-8-5-14(21)6-9-16)28(25,26)19-3-2-10-27-19/h2-11H,12H2,1H3,(H,22,24). The SMILES string of the molecule is Cc1ccc(NC(=O)CN(c2ccc(F)cc2)S(=O)(=O)c2cccs2)cc1Cl. The number of carbonyl (C=O) groups excluding carboxylic acids is 1. The van der Waals surface area contributed by atoms with Gasteiger partial charge in [0.25, 0.3) is 10.0 Å². The molecule has 1 aromatic heterocycles. The summed E-state index contributed by atoms with van der Waals surface area (Å²) in [5, 5.41) is 4.75. The van der Waals surface area contributed by atoms with E-state index in [9.17, 15) is 17.6 Å². The molecule has 1 heterocycles. The van der Waals surface area contributed by atoms with Crippen LogP contribution in [0.2, 0.25) is 5.02 Å². The van der Waals surface area contributed by atoms with Crippen LogP contribution in [-0.2, 0) is 14.8 Å². The van der Waals surface area contributed by atoms with Gasteiger partial charge in [-0.1, -0.05) is 23.7 Å². The first-order chi connectivity index (χ1) is 13.3. The van der Waals surface area contributed by atoms with Crippen LogP contribution in [0, 0.1) is 12.7 Å². The third-order valence-corrected chi connectivity index (χ3v) is 7.45. The maximum atomic E-state index is 13.3. The van der Waals surface area contributed by atoms with Crippen molar-refractivity contribution >= 4 is 50.2 Å². The maximum Gasteiger partial charge on any atom is 0.274 e. The summed E-state index contributed by atoms with van der Waals surface area (Å²) in [6.45, 7) is 1.36. The number of amides is 1. The first-order valence-corrected chi connectivity index (χ1v) is 10.8. The second-order valence-corrected chi connectivity index (χ2v) is 9.38. The molecule has 1 N–H and O–H groups in total. The van der Waals surface area contributed by atoms with E-state index in [0.717, 1.165) is 33.3 Å². The molecule has 0 aliphatic carbocycles. The predicted octanol–water partition coefficient (Wildman–Crippen LogP) is 4.68. The fourth-order valence-corrected chi connectivity index (χ4v) is 5.15. The van der Waals surface area contributed by atoms with Gasteiger partial charge in [-0.15, -0.1) is 11.3 Å². The minimum absolute atomic E-state index is 0.0861. The average molecular weight is 439 g/mol. The zero-order valence-electron chi connectivity index (χ0n) is 14.7. The molecule has 0 fully saturated rings. The Balaban J connectivity index is 1.89. The molecular weight excluding hydrogens is 423 g/mol. The number of aryl methyl sites for hydroxylation is 1. The highest BCUT2D eigenvalue weighted by Crippen LogP contribution is 2.27. The number of benzene rings is 2. The molecule has 0 atom stereocenters. The molecule has 146 valence electrons. The van der Waals surface area contributed by atoms with Crippen molar-refractivity contribution in [3.63, 3.8) is 0 Å². The summed E-state index contributed by atoms with van der Waals surface area (Å²) in [6.07, 6.45) is 0.